The predicted molar refractivity (Wildman–Crippen MR) is 65.9 cm³/mol. The zero-order chi connectivity index (χ0) is 10.7. The molecule has 2 nitrogen and oxygen atoms in total. The molecule has 1 heterocycles. The van der Waals surface area contributed by atoms with Gasteiger partial charge in [0.2, 0.25) is 0 Å². The van der Waals surface area contributed by atoms with E-state index in [0.717, 1.165) is 5.75 Å². The summed E-state index contributed by atoms with van der Waals surface area (Å²) in [5, 5.41) is 4.31. The second-order valence-corrected chi connectivity index (χ2v) is 4.23. The normalized spacial score (nSPS) is 10.0. The highest BCUT2D eigenvalue weighted by atomic mass is 32.1. The van der Waals surface area contributed by atoms with Gasteiger partial charge in [0.15, 0.2) is 0 Å². The van der Waals surface area contributed by atoms with E-state index in [0.29, 0.717) is 0 Å². The molecule has 0 radical (unpaired) electrons. The van der Waals surface area contributed by atoms with E-state index in [9.17, 15) is 0 Å². The van der Waals surface area contributed by atoms with Crippen LogP contribution >= 0.6 is 11.3 Å². The average Bonchev–Trinajstić information content (AvgIpc) is 2.78. The van der Waals surface area contributed by atoms with Gasteiger partial charge in [-0.05, 0) is 42.0 Å². The van der Waals surface area contributed by atoms with Gasteiger partial charge >= 0.3 is 0 Å². The van der Waals surface area contributed by atoms with Crippen molar-refractivity contribution in [3.8, 4) is 16.2 Å². The Labute approximate surface area is 93.5 Å². The van der Waals surface area contributed by atoms with Crippen molar-refractivity contribution in [2.24, 2.45) is 0 Å². The van der Waals surface area contributed by atoms with Crippen LogP contribution in [0.2, 0.25) is 0 Å². The van der Waals surface area contributed by atoms with Gasteiger partial charge in [-0.15, -0.1) is 11.3 Å². The van der Waals surface area contributed by atoms with Gasteiger partial charge in [0, 0.05) is 11.9 Å². The van der Waals surface area contributed by atoms with Crippen LogP contribution < -0.4 is 10.1 Å². The van der Waals surface area contributed by atoms with Crippen LogP contribution in [0.3, 0.4) is 0 Å². The minimum Gasteiger partial charge on any atom is -0.497 e. The summed E-state index contributed by atoms with van der Waals surface area (Å²) in [6.45, 7) is 0. The highest BCUT2D eigenvalue weighted by molar-refractivity contribution is 7.19. The number of thiophene rings is 1. The van der Waals surface area contributed by atoms with Gasteiger partial charge in [0.25, 0.3) is 0 Å². The molecule has 15 heavy (non-hydrogen) atoms. The van der Waals surface area contributed by atoms with Crippen molar-refractivity contribution in [1.82, 2.24) is 0 Å². The van der Waals surface area contributed by atoms with E-state index in [1.807, 2.05) is 19.2 Å². The van der Waals surface area contributed by atoms with E-state index < -0.39 is 0 Å². The van der Waals surface area contributed by atoms with Crippen LogP contribution in [0.1, 0.15) is 0 Å². The Kier molecular flexibility index (Phi) is 2.92. The number of anilines is 1. The maximum atomic E-state index is 5.12. The summed E-state index contributed by atoms with van der Waals surface area (Å²) in [5.74, 6) is 0.893. The molecule has 1 N–H and O–H groups in total. The Hall–Kier alpha value is -1.48. The van der Waals surface area contributed by atoms with Crippen molar-refractivity contribution in [1.29, 1.82) is 0 Å². The molecule has 78 valence electrons. The van der Waals surface area contributed by atoms with Crippen molar-refractivity contribution >= 4 is 16.3 Å². The summed E-state index contributed by atoms with van der Waals surface area (Å²) in [5.41, 5.74) is 1.22. The first-order valence-electron chi connectivity index (χ1n) is 4.75. The topological polar surface area (TPSA) is 21.3 Å². The van der Waals surface area contributed by atoms with Gasteiger partial charge in [0.1, 0.15) is 5.75 Å². The van der Waals surface area contributed by atoms with E-state index >= 15 is 0 Å². The molecule has 2 rings (SSSR count). The Morgan fingerprint density at radius 2 is 1.80 bits per heavy atom. The average molecular weight is 219 g/mol. The molecule has 0 saturated heterocycles. The molecule has 0 amide bonds. The lowest BCUT2D eigenvalue weighted by molar-refractivity contribution is 0.415. The molecule has 0 aliphatic heterocycles. The van der Waals surface area contributed by atoms with Crippen LogP contribution in [0.25, 0.3) is 10.4 Å². The maximum Gasteiger partial charge on any atom is 0.118 e. The van der Waals surface area contributed by atoms with E-state index in [1.165, 1.54) is 15.4 Å². The number of hydrogen-bond donors (Lipinski definition) is 1. The first-order valence-corrected chi connectivity index (χ1v) is 5.57. The van der Waals surface area contributed by atoms with Crippen LogP contribution in [0.15, 0.2) is 36.4 Å². The fourth-order valence-electron chi connectivity index (χ4n) is 1.38. The zero-order valence-corrected chi connectivity index (χ0v) is 9.60. The third kappa shape index (κ3) is 2.13. The quantitative estimate of drug-likeness (QED) is 0.853. The van der Waals surface area contributed by atoms with E-state index in [1.54, 1.807) is 18.4 Å². The van der Waals surface area contributed by atoms with Crippen LogP contribution in [0, 0.1) is 0 Å². The zero-order valence-electron chi connectivity index (χ0n) is 8.78. The lowest BCUT2D eigenvalue weighted by Crippen LogP contribution is -1.81. The highest BCUT2D eigenvalue weighted by Gasteiger charge is 2.01. The van der Waals surface area contributed by atoms with Gasteiger partial charge in [-0.25, -0.2) is 0 Å². The molecule has 2 aromatic rings. The smallest absolute Gasteiger partial charge is 0.118 e. The van der Waals surface area contributed by atoms with Crippen molar-refractivity contribution in [2.75, 3.05) is 19.5 Å². The Morgan fingerprint density at radius 1 is 1.07 bits per heavy atom. The summed E-state index contributed by atoms with van der Waals surface area (Å²) in [6, 6.07) is 12.3. The van der Waals surface area contributed by atoms with Crippen LogP contribution in [0.5, 0.6) is 5.75 Å². The number of methoxy groups -OCH3 is 1. The molecule has 0 bridgehead atoms. The van der Waals surface area contributed by atoms with Crippen molar-refractivity contribution in [3.05, 3.63) is 36.4 Å². The highest BCUT2D eigenvalue weighted by Crippen LogP contribution is 2.31. The number of hydrogen-bond acceptors (Lipinski definition) is 3. The lowest BCUT2D eigenvalue weighted by atomic mass is 10.2. The van der Waals surface area contributed by atoms with Gasteiger partial charge in [0.05, 0.1) is 12.1 Å². The van der Waals surface area contributed by atoms with E-state index in [-0.39, 0.29) is 0 Å². The molecule has 1 aromatic carbocycles. The van der Waals surface area contributed by atoms with Gasteiger partial charge in [-0.1, -0.05) is 0 Å². The molecular formula is C12H13NOS. The molecular weight excluding hydrogens is 206 g/mol. The summed E-state index contributed by atoms with van der Waals surface area (Å²) < 4.78 is 5.12. The SMILES string of the molecule is CNc1ccc(-c2ccc(OC)cc2)s1. The predicted octanol–water partition coefficient (Wildman–Crippen LogP) is 3.47. The maximum absolute atomic E-state index is 5.12. The molecule has 0 unspecified atom stereocenters. The Bertz CT molecular complexity index is 433. The first-order chi connectivity index (χ1) is 7.33. The Balaban J connectivity index is 2.28. The molecule has 0 aliphatic carbocycles. The first kappa shape index (κ1) is 10.1. The van der Waals surface area contributed by atoms with Crippen LogP contribution in [-0.2, 0) is 0 Å². The van der Waals surface area contributed by atoms with Crippen molar-refractivity contribution in [3.63, 3.8) is 0 Å². The number of ether oxygens (including phenoxy) is 1. The molecule has 1 aromatic heterocycles. The molecule has 3 heteroatoms. The standard InChI is InChI=1S/C12H13NOS/c1-13-12-8-7-11(15-12)9-3-5-10(14-2)6-4-9/h3-8,13H,1-2H3. The summed E-state index contributed by atoms with van der Waals surface area (Å²) in [6.07, 6.45) is 0. The largest absolute Gasteiger partial charge is 0.497 e. The molecule has 0 atom stereocenters. The van der Waals surface area contributed by atoms with Gasteiger partial charge in [-0.3, -0.25) is 0 Å². The second kappa shape index (κ2) is 4.36. The molecule has 0 spiro atoms. The number of benzene rings is 1. The summed E-state index contributed by atoms with van der Waals surface area (Å²) >= 11 is 1.75. The summed E-state index contributed by atoms with van der Waals surface area (Å²) in [4.78, 5) is 1.27. The second-order valence-electron chi connectivity index (χ2n) is 3.14. The van der Waals surface area contributed by atoms with Gasteiger partial charge < -0.3 is 10.1 Å². The third-order valence-electron chi connectivity index (χ3n) is 2.23. The summed E-state index contributed by atoms with van der Waals surface area (Å²) in [7, 11) is 3.61. The van der Waals surface area contributed by atoms with Crippen molar-refractivity contribution in [2.45, 2.75) is 0 Å². The fraction of sp³-hybridized carbons (Fsp3) is 0.167. The monoisotopic (exact) mass is 219 g/mol. The van der Waals surface area contributed by atoms with Gasteiger partial charge in [-0.2, -0.15) is 0 Å². The third-order valence-corrected chi connectivity index (χ3v) is 3.38. The minimum absolute atomic E-state index is 0.893. The van der Waals surface area contributed by atoms with E-state index in [2.05, 4.69) is 29.6 Å². The molecule has 0 saturated carbocycles. The van der Waals surface area contributed by atoms with Crippen LogP contribution in [-0.4, -0.2) is 14.2 Å². The van der Waals surface area contributed by atoms with E-state index in [4.69, 9.17) is 4.74 Å². The van der Waals surface area contributed by atoms with Crippen molar-refractivity contribution < 1.29 is 4.74 Å². The molecule has 0 fully saturated rings. The minimum atomic E-state index is 0.893. The Morgan fingerprint density at radius 3 is 2.33 bits per heavy atom. The fourth-order valence-corrected chi connectivity index (χ4v) is 2.25. The number of rotatable bonds is 3. The lowest BCUT2D eigenvalue weighted by Gasteiger charge is -2.00. The van der Waals surface area contributed by atoms with Crippen LogP contribution in [0.4, 0.5) is 5.00 Å². The number of nitrogens with one attached hydrogen (secondary N) is 1. The molecule has 0 aliphatic rings.